The van der Waals surface area contributed by atoms with Crippen LogP contribution in [0.1, 0.15) is 29.4 Å². The minimum Gasteiger partial charge on any atom is -0.340 e. The standard InChI is InChI=1S/C23H26N6/c1-2-4-17(5-3-1)19-11-13-29(16-19)23-24-12-10-22(28-23)27-21-8-6-18(7-9-21)20-14-25-26-15-20/h1-10,12,19-20,25-26H,11,13-16H2,(H,24,27,28). The van der Waals surface area contributed by atoms with Gasteiger partial charge in [-0.2, -0.15) is 4.98 Å². The van der Waals surface area contributed by atoms with Crippen molar-refractivity contribution in [3.05, 3.63) is 78.0 Å². The van der Waals surface area contributed by atoms with Gasteiger partial charge in [-0.1, -0.05) is 42.5 Å². The Morgan fingerprint density at radius 1 is 0.862 bits per heavy atom. The van der Waals surface area contributed by atoms with Gasteiger partial charge in [0.2, 0.25) is 5.95 Å². The summed E-state index contributed by atoms with van der Waals surface area (Å²) >= 11 is 0. The molecule has 2 aliphatic heterocycles. The summed E-state index contributed by atoms with van der Waals surface area (Å²) in [5.41, 5.74) is 10.2. The minimum absolute atomic E-state index is 0.530. The van der Waals surface area contributed by atoms with Gasteiger partial charge in [0.05, 0.1) is 0 Å². The van der Waals surface area contributed by atoms with Crippen LogP contribution < -0.4 is 21.1 Å². The molecule has 0 aliphatic carbocycles. The molecule has 0 amide bonds. The van der Waals surface area contributed by atoms with Gasteiger partial charge in [-0.25, -0.2) is 4.98 Å². The highest BCUT2D eigenvalue weighted by atomic mass is 15.4. The van der Waals surface area contributed by atoms with Crippen molar-refractivity contribution < 1.29 is 0 Å². The number of aromatic nitrogens is 2. The summed E-state index contributed by atoms with van der Waals surface area (Å²) in [4.78, 5) is 11.6. The topological polar surface area (TPSA) is 65.1 Å². The Kier molecular flexibility index (Phi) is 5.11. The van der Waals surface area contributed by atoms with Crippen LogP contribution >= 0.6 is 0 Å². The van der Waals surface area contributed by atoms with Crippen molar-refractivity contribution in [3.8, 4) is 0 Å². The van der Waals surface area contributed by atoms with E-state index in [1.807, 2.05) is 12.3 Å². The molecular formula is C23H26N6. The molecule has 1 aromatic heterocycles. The van der Waals surface area contributed by atoms with Crippen LogP contribution in [0, 0.1) is 0 Å². The fraction of sp³-hybridized carbons (Fsp3) is 0.304. The second kappa shape index (κ2) is 8.19. The van der Waals surface area contributed by atoms with E-state index in [0.29, 0.717) is 11.8 Å². The third kappa shape index (κ3) is 4.09. The van der Waals surface area contributed by atoms with Crippen LogP contribution in [0.3, 0.4) is 0 Å². The Bertz CT molecular complexity index is 937. The number of nitrogens with one attached hydrogen (secondary N) is 3. The van der Waals surface area contributed by atoms with E-state index >= 15 is 0 Å². The second-order valence-electron chi connectivity index (χ2n) is 7.79. The van der Waals surface area contributed by atoms with E-state index in [0.717, 1.165) is 50.1 Å². The molecule has 3 heterocycles. The molecule has 3 aromatic rings. The largest absolute Gasteiger partial charge is 0.340 e. The smallest absolute Gasteiger partial charge is 0.227 e. The highest BCUT2D eigenvalue weighted by Gasteiger charge is 2.25. The molecule has 6 heteroatoms. The van der Waals surface area contributed by atoms with Crippen molar-refractivity contribution in [2.75, 3.05) is 36.4 Å². The summed E-state index contributed by atoms with van der Waals surface area (Å²) in [6.45, 7) is 3.90. The Balaban J connectivity index is 1.25. The maximum atomic E-state index is 4.76. The first-order chi connectivity index (χ1) is 14.3. The third-order valence-corrected chi connectivity index (χ3v) is 5.86. The predicted octanol–water partition coefficient (Wildman–Crippen LogP) is 3.41. The maximum Gasteiger partial charge on any atom is 0.227 e. The summed E-state index contributed by atoms with van der Waals surface area (Å²) in [5, 5.41) is 3.42. The fourth-order valence-electron chi connectivity index (χ4n) is 4.19. The van der Waals surface area contributed by atoms with Crippen LogP contribution in [-0.2, 0) is 0 Å². The highest BCUT2D eigenvalue weighted by molar-refractivity contribution is 5.57. The van der Waals surface area contributed by atoms with E-state index in [-0.39, 0.29) is 0 Å². The van der Waals surface area contributed by atoms with Gasteiger partial charge in [0.25, 0.3) is 0 Å². The zero-order valence-electron chi connectivity index (χ0n) is 16.4. The predicted molar refractivity (Wildman–Crippen MR) is 117 cm³/mol. The number of rotatable bonds is 5. The molecule has 3 N–H and O–H groups in total. The molecule has 0 radical (unpaired) electrons. The van der Waals surface area contributed by atoms with Gasteiger partial charge in [-0.05, 0) is 35.7 Å². The summed E-state index contributed by atoms with van der Waals surface area (Å²) in [6.07, 6.45) is 2.97. The average Bonchev–Trinajstić information content (AvgIpc) is 3.48. The Morgan fingerprint density at radius 2 is 1.62 bits per heavy atom. The van der Waals surface area contributed by atoms with Crippen molar-refractivity contribution in [1.29, 1.82) is 0 Å². The Hall–Kier alpha value is -2.96. The molecule has 2 saturated heterocycles. The summed E-state index contributed by atoms with van der Waals surface area (Å²) in [7, 11) is 0. The highest BCUT2D eigenvalue weighted by Crippen LogP contribution is 2.29. The van der Waals surface area contributed by atoms with Crippen LogP contribution in [0.25, 0.3) is 0 Å². The van der Waals surface area contributed by atoms with Crippen molar-refractivity contribution >= 4 is 17.5 Å². The number of nitrogens with zero attached hydrogens (tertiary/aromatic N) is 3. The van der Waals surface area contributed by atoms with E-state index in [4.69, 9.17) is 4.98 Å². The molecule has 5 rings (SSSR count). The van der Waals surface area contributed by atoms with Crippen molar-refractivity contribution in [1.82, 2.24) is 20.8 Å². The third-order valence-electron chi connectivity index (χ3n) is 5.86. The zero-order valence-corrected chi connectivity index (χ0v) is 16.4. The molecule has 2 aliphatic rings. The van der Waals surface area contributed by atoms with Crippen molar-refractivity contribution in [2.24, 2.45) is 0 Å². The van der Waals surface area contributed by atoms with E-state index < -0.39 is 0 Å². The summed E-state index contributed by atoms with van der Waals surface area (Å²) in [6, 6.07) is 21.3. The lowest BCUT2D eigenvalue weighted by molar-refractivity contribution is 0.689. The molecule has 2 fully saturated rings. The monoisotopic (exact) mass is 386 g/mol. The van der Waals surface area contributed by atoms with E-state index in [1.54, 1.807) is 0 Å². The van der Waals surface area contributed by atoms with Crippen molar-refractivity contribution in [3.63, 3.8) is 0 Å². The lowest BCUT2D eigenvalue weighted by Gasteiger charge is -2.17. The van der Waals surface area contributed by atoms with E-state index in [2.05, 4.69) is 80.6 Å². The summed E-state index contributed by atoms with van der Waals surface area (Å²) < 4.78 is 0. The van der Waals surface area contributed by atoms with E-state index in [1.165, 1.54) is 11.1 Å². The van der Waals surface area contributed by atoms with Crippen molar-refractivity contribution in [2.45, 2.75) is 18.3 Å². The first-order valence-electron chi connectivity index (χ1n) is 10.3. The van der Waals surface area contributed by atoms with Crippen LogP contribution in [0.2, 0.25) is 0 Å². The lowest BCUT2D eigenvalue weighted by Crippen LogP contribution is -2.21. The molecule has 0 saturated carbocycles. The summed E-state index contributed by atoms with van der Waals surface area (Å²) in [5.74, 6) is 2.70. The van der Waals surface area contributed by atoms with Crippen LogP contribution in [0.4, 0.5) is 17.5 Å². The van der Waals surface area contributed by atoms with Gasteiger partial charge in [0, 0.05) is 49.9 Å². The van der Waals surface area contributed by atoms with Crippen LogP contribution in [0.15, 0.2) is 66.9 Å². The Labute approximate surface area is 171 Å². The molecule has 1 unspecified atom stereocenters. The minimum atomic E-state index is 0.530. The van der Waals surface area contributed by atoms with Gasteiger partial charge in [-0.15, -0.1) is 0 Å². The quantitative estimate of drug-likeness (QED) is 0.625. The molecule has 2 aromatic carbocycles. The number of benzene rings is 2. The van der Waals surface area contributed by atoms with Crippen LogP contribution in [-0.4, -0.2) is 36.1 Å². The zero-order chi connectivity index (χ0) is 19.5. The second-order valence-corrected chi connectivity index (χ2v) is 7.79. The lowest BCUT2D eigenvalue weighted by atomic mass is 9.99. The SMILES string of the molecule is c1ccc(C2CCN(c3nccc(Nc4ccc(C5CNNC5)cc4)n3)C2)cc1. The first kappa shape index (κ1) is 18.1. The molecule has 0 spiro atoms. The maximum absolute atomic E-state index is 4.76. The molecular weight excluding hydrogens is 360 g/mol. The van der Waals surface area contributed by atoms with Gasteiger partial charge >= 0.3 is 0 Å². The molecule has 148 valence electrons. The number of anilines is 3. The molecule has 1 atom stereocenters. The first-order valence-corrected chi connectivity index (χ1v) is 10.3. The number of hydrazine groups is 1. The van der Waals surface area contributed by atoms with E-state index in [9.17, 15) is 0 Å². The van der Waals surface area contributed by atoms with Gasteiger partial charge in [-0.3, -0.25) is 10.9 Å². The average molecular weight is 387 g/mol. The molecule has 0 bridgehead atoms. The van der Waals surface area contributed by atoms with Gasteiger partial charge in [0.1, 0.15) is 5.82 Å². The van der Waals surface area contributed by atoms with Gasteiger partial charge < -0.3 is 10.2 Å². The fourth-order valence-corrected chi connectivity index (χ4v) is 4.19. The molecule has 6 nitrogen and oxygen atoms in total. The number of hydrogen-bond acceptors (Lipinski definition) is 6. The van der Waals surface area contributed by atoms with Crippen LogP contribution in [0.5, 0.6) is 0 Å². The number of hydrogen-bond donors (Lipinski definition) is 3. The van der Waals surface area contributed by atoms with Gasteiger partial charge in [0.15, 0.2) is 0 Å². The normalized spacial score (nSPS) is 19.6. The Morgan fingerprint density at radius 3 is 2.41 bits per heavy atom. The molecule has 29 heavy (non-hydrogen) atoms.